The average Bonchev–Trinajstić information content (AvgIpc) is 3.18. The fourth-order valence-corrected chi connectivity index (χ4v) is 3.49. The molecule has 1 aromatic carbocycles. The Balaban J connectivity index is 1.61. The molecule has 0 aliphatic heterocycles. The lowest BCUT2D eigenvalue weighted by atomic mass is 9.86. The van der Waals surface area contributed by atoms with Crippen molar-refractivity contribution in [2.75, 3.05) is 10.6 Å². The molecule has 2 amide bonds. The molecule has 0 radical (unpaired) electrons. The predicted molar refractivity (Wildman–Crippen MR) is 102 cm³/mol. The lowest BCUT2D eigenvalue weighted by Crippen LogP contribution is -2.17. The highest BCUT2D eigenvalue weighted by Crippen LogP contribution is 2.28. The molecule has 2 aromatic rings. The van der Waals surface area contributed by atoms with Crippen molar-refractivity contribution in [3.05, 3.63) is 47.9 Å². The van der Waals surface area contributed by atoms with E-state index in [2.05, 4.69) is 10.6 Å². The number of nitrogens with one attached hydrogen (secondary N) is 2. The Morgan fingerprint density at radius 2 is 1.88 bits per heavy atom. The van der Waals surface area contributed by atoms with Gasteiger partial charge in [0.1, 0.15) is 0 Å². The molecule has 1 saturated carbocycles. The maximum Gasteiger partial charge on any atom is 0.291 e. The smallest absolute Gasteiger partial charge is 0.291 e. The number of anilines is 2. The highest BCUT2D eigenvalue weighted by Gasteiger charge is 2.16. The second kappa shape index (κ2) is 8.70. The van der Waals surface area contributed by atoms with Crippen LogP contribution in [-0.4, -0.2) is 11.8 Å². The van der Waals surface area contributed by atoms with Gasteiger partial charge in [0, 0.05) is 6.42 Å². The van der Waals surface area contributed by atoms with Crippen molar-refractivity contribution in [2.45, 2.75) is 51.9 Å². The Hall–Kier alpha value is -2.56. The third-order valence-electron chi connectivity index (χ3n) is 4.95. The summed E-state index contributed by atoms with van der Waals surface area (Å²) in [5.74, 6) is 0.568. The van der Waals surface area contributed by atoms with Gasteiger partial charge in [0.25, 0.3) is 5.91 Å². The second-order valence-corrected chi connectivity index (χ2v) is 7.07. The Bertz CT molecular complexity index is 747. The zero-order valence-corrected chi connectivity index (χ0v) is 15.2. The van der Waals surface area contributed by atoms with E-state index in [0.29, 0.717) is 23.7 Å². The van der Waals surface area contributed by atoms with Crippen molar-refractivity contribution in [1.29, 1.82) is 0 Å². The molecule has 5 heteroatoms. The van der Waals surface area contributed by atoms with Crippen LogP contribution in [0, 0.1) is 12.8 Å². The average molecular weight is 354 g/mol. The Kier molecular flexibility index (Phi) is 6.10. The van der Waals surface area contributed by atoms with Crippen LogP contribution in [0.5, 0.6) is 0 Å². The number of amides is 2. The van der Waals surface area contributed by atoms with E-state index < -0.39 is 0 Å². The number of carbonyl (C=O) groups is 2. The molecule has 138 valence electrons. The summed E-state index contributed by atoms with van der Waals surface area (Å²) in [4.78, 5) is 24.6. The van der Waals surface area contributed by atoms with Crippen molar-refractivity contribution in [2.24, 2.45) is 5.92 Å². The van der Waals surface area contributed by atoms with Gasteiger partial charge in [0.15, 0.2) is 5.76 Å². The standard InChI is InChI=1S/C21H26N2O3/c1-15-9-11-17(18(14-15)23-21(25)19-8-5-13-26-19)22-20(24)12-10-16-6-3-2-4-7-16/h5,8-9,11,13-14,16H,2-4,6-7,10,12H2,1H3,(H,22,24)(H,23,25). The fourth-order valence-electron chi connectivity index (χ4n) is 3.49. The summed E-state index contributed by atoms with van der Waals surface area (Å²) in [6.07, 6.45) is 9.28. The van der Waals surface area contributed by atoms with Crippen molar-refractivity contribution in [3.8, 4) is 0 Å². The molecule has 0 spiro atoms. The van der Waals surface area contributed by atoms with Crippen molar-refractivity contribution in [3.63, 3.8) is 0 Å². The largest absolute Gasteiger partial charge is 0.459 e. The lowest BCUT2D eigenvalue weighted by Gasteiger charge is -2.21. The first kappa shape index (κ1) is 18.2. The molecule has 5 nitrogen and oxygen atoms in total. The van der Waals surface area contributed by atoms with E-state index in [4.69, 9.17) is 4.42 Å². The van der Waals surface area contributed by atoms with Gasteiger partial charge in [0.05, 0.1) is 17.6 Å². The molecule has 0 bridgehead atoms. The molecule has 0 atom stereocenters. The molecular weight excluding hydrogens is 328 g/mol. The summed E-state index contributed by atoms with van der Waals surface area (Å²) in [6.45, 7) is 1.94. The van der Waals surface area contributed by atoms with Crippen LogP contribution in [0.1, 0.15) is 61.1 Å². The number of benzene rings is 1. The minimum Gasteiger partial charge on any atom is -0.459 e. The van der Waals surface area contributed by atoms with Gasteiger partial charge in [-0.05, 0) is 49.1 Å². The molecule has 0 unspecified atom stereocenters. The van der Waals surface area contributed by atoms with Gasteiger partial charge in [-0.3, -0.25) is 9.59 Å². The first-order chi connectivity index (χ1) is 12.6. The third kappa shape index (κ3) is 4.97. The molecule has 1 aromatic heterocycles. The zero-order chi connectivity index (χ0) is 18.4. The van der Waals surface area contributed by atoms with Crippen molar-refractivity contribution >= 4 is 23.2 Å². The van der Waals surface area contributed by atoms with Gasteiger partial charge in [-0.25, -0.2) is 0 Å². The molecule has 26 heavy (non-hydrogen) atoms. The molecule has 0 saturated heterocycles. The van der Waals surface area contributed by atoms with Gasteiger partial charge in [-0.15, -0.1) is 0 Å². The first-order valence-corrected chi connectivity index (χ1v) is 9.37. The van der Waals surface area contributed by atoms with Gasteiger partial charge >= 0.3 is 0 Å². The van der Waals surface area contributed by atoms with Crippen molar-refractivity contribution < 1.29 is 14.0 Å². The number of aryl methyl sites for hydroxylation is 1. The number of hydrogen-bond acceptors (Lipinski definition) is 3. The maximum atomic E-state index is 12.4. The van der Waals surface area contributed by atoms with Gasteiger partial charge < -0.3 is 15.1 Å². The topological polar surface area (TPSA) is 71.3 Å². The summed E-state index contributed by atoms with van der Waals surface area (Å²) >= 11 is 0. The van der Waals surface area contributed by atoms with Crippen LogP contribution >= 0.6 is 0 Å². The lowest BCUT2D eigenvalue weighted by molar-refractivity contribution is -0.116. The normalized spacial score (nSPS) is 14.8. The number of hydrogen-bond donors (Lipinski definition) is 2. The van der Waals surface area contributed by atoms with Crippen LogP contribution in [0.3, 0.4) is 0 Å². The van der Waals surface area contributed by atoms with E-state index in [1.54, 1.807) is 12.1 Å². The van der Waals surface area contributed by atoms with Gasteiger partial charge in [0.2, 0.25) is 5.91 Å². The van der Waals surface area contributed by atoms with Crippen LogP contribution in [0.25, 0.3) is 0 Å². The van der Waals surface area contributed by atoms with Crippen LogP contribution in [-0.2, 0) is 4.79 Å². The van der Waals surface area contributed by atoms with E-state index in [1.165, 1.54) is 38.4 Å². The van der Waals surface area contributed by atoms with Crippen LogP contribution in [0.15, 0.2) is 41.0 Å². The Labute approximate surface area is 154 Å². The van der Waals surface area contributed by atoms with Gasteiger partial charge in [-0.2, -0.15) is 0 Å². The zero-order valence-electron chi connectivity index (χ0n) is 15.2. The molecule has 3 rings (SSSR count). The third-order valence-corrected chi connectivity index (χ3v) is 4.95. The molecule has 1 heterocycles. The second-order valence-electron chi connectivity index (χ2n) is 7.07. The number of furan rings is 1. The summed E-state index contributed by atoms with van der Waals surface area (Å²) in [5.41, 5.74) is 2.20. The fraction of sp³-hybridized carbons (Fsp3) is 0.429. The van der Waals surface area contributed by atoms with Crippen LogP contribution in [0.4, 0.5) is 11.4 Å². The van der Waals surface area contributed by atoms with Crippen molar-refractivity contribution in [1.82, 2.24) is 0 Å². The molecule has 1 aliphatic carbocycles. The van der Waals surface area contributed by atoms with E-state index in [-0.39, 0.29) is 17.6 Å². The van der Waals surface area contributed by atoms with Gasteiger partial charge in [-0.1, -0.05) is 38.2 Å². The monoisotopic (exact) mass is 354 g/mol. The minimum absolute atomic E-state index is 0.00655. The summed E-state index contributed by atoms with van der Waals surface area (Å²) in [5, 5.41) is 5.76. The van der Waals surface area contributed by atoms with E-state index >= 15 is 0 Å². The highest BCUT2D eigenvalue weighted by atomic mass is 16.3. The van der Waals surface area contributed by atoms with Crippen LogP contribution < -0.4 is 10.6 Å². The van der Waals surface area contributed by atoms with E-state index in [9.17, 15) is 9.59 Å². The molecular formula is C21H26N2O3. The molecule has 2 N–H and O–H groups in total. The SMILES string of the molecule is Cc1ccc(NC(=O)CCC2CCCCC2)c(NC(=O)c2ccco2)c1. The molecule has 1 aliphatic rings. The summed E-state index contributed by atoms with van der Waals surface area (Å²) in [6, 6.07) is 8.86. The highest BCUT2D eigenvalue weighted by molar-refractivity contribution is 6.05. The Morgan fingerprint density at radius 3 is 2.62 bits per heavy atom. The van der Waals surface area contributed by atoms with E-state index in [1.807, 2.05) is 25.1 Å². The summed E-state index contributed by atoms with van der Waals surface area (Å²) < 4.78 is 5.13. The summed E-state index contributed by atoms with van der Waals surface area (Å²) in [7, 11) is 0. The predicted octanol–water partition coefficient (Wildman–Crippen LogP) is 5.14. The van der Waals surface area contributed by atoms with Crippen LogP contribution in [0.2, 0.25) is 0 Å². The number of carbonyl (C=O) groups excluding carboxylic acids is 2. The quantitative estimate of drug-likeness (QED) is 0.754. The minimum atomic E-state index is -0.335. The molecule has 1 fully saturated rings. The Morgan fingerprint density at radius 1 is 1.08 bits per heavy atom. The maximum absolute atomic E-state index is 12.4. The first-order valence-electron chi connectivity index (χ1n) is 9.37. The van der Waals surface area contributed by atoms with E-state index in [0.717, 1.165) is 12.0 Å². The number of rotatable bonds is 6.